The van der Waals surface area contributed by atoms with Gasteiger partial charge in [0.2, 0.25) is 0 Å². The molecule has 129 heavy (non-hydrogen) atoms. The molecule has 28 nitrogen and oxygen atoms in total. The molecule has 0 spiro atoms. The molecule has 2 atom stereocenters. The van der Waals surface area contributed by atoms with Crippen LogP contribution in [0.25, 0.3) is 0 Å². The van der Waals surface area contributed by atoms with Crippen LogP contribution in [0.4, 0.5) is 0 Å². The van der Waals surface area contributed by atoms with Crippen LogP contribution in [0.2, 0.25) is 15.5 Å². The van der Waals surface area contributed by atoms with Crippen LogP contribution in [-0.4, -0.2) is 159 Å². The predicted molar refractivity (Wildman–Crippen MR) is 511 cm³/mol. The monoisotopic (exact) mass is 1930 g/mol. The van der Waals surface area contributed by atoms with Gasteiger partial charge in [-0.3, -0.25) is 48.5 Å². The van der Waals surface area contributed by atoms with Gasteiger partial charge in [0.1, 0.15) is 56.6 Å². The van der Waals surface area contributed by atoms with Crippen LogP contribution in [0.15, 0.2) is 64.1 Å². The molecular weight excluding hydrogens is 1800 g/mol. The summed E-state index contributed by atoms with van der Waals surface area (Å²) in [4.78, 5) is 98.7. The van der Waals surface area contributed by atoms with Crippen LogP contribution in [0.1, 0.15) is 249 Å². The van der Waals surface area contributed by atoms with Crippen LogP contribution in [0, 0.1) is 143 Å². The number of ketones is 3. The molecule has 0 aromatic carbocycles. The number of nitrogens with one attached hydrogen (secondary N) is 1. The van der Waals surface area contributed by atoms with Gasteiger partial charge >= 0.3 is 11.2 Å². The van der Waals surface area contributed by atoms with Crippen LogP contribution in [-0.2, 0) is 80.9 Å². The second kappa shape index (κ2) is 62.3. The van der Waals surface area contributed by atoms with Gasteiger partial charge in [0, 0.05) is 105 Å². The highest BCUT2D eigenvalue weighted by Gasteiger charge is 2.28. The van der Waals surface area contributed by atoms with Crippen molar-refractivity contribution < 1.29 is 76.6 Å². The lowest BCUT2D eigenvalue weighted by molar-refractivity contribution is -0.140. The molecule has 0 bridgehead atoms. The minimum absolute atomic E-state index is 0. The molecule has 7 aromatic heterocycles. The Morgan fingerprint density at radius 2 is 0.969 bits per heavy atom. The highest BCUT2D eigenvalue weighted by molar-refractivity contribution is 8.24. The van der Waals surface area contributed by atoms with E-state index in [0.717, 1.165) is 120 Å². The number of pyridine rings is 7. The fourth-order valence-electron chi connectivity index (χ4n) is 10.5. The number of ether oxygens (including phenoxy) is 8. The number of nitrogens with zero attached hydrogens (tertiary/aromatic N) is 9. The van der Waals surface area contributed by atoms with Gasteiger partial charge in [-0.1, -0.05) is 97.6 Å². The minimum Gasteiger partial charge on any atom is -0.500 e. The Bertz CT molecular complexity index is 5020. The number of halogens is 6. The molecule has 3 fully saturated rings. The van der Waals surface area contributed by atoms with Crippen molar-refractivity contribution in [2.45, 2.75) is 238 Å². The van der Waals surface area contributed by atoms with E-state index in [-0.39, 0.29) is 108 Å². The number of hydrogen-bond donors (Lipinski definition) is 4. The number of aromatic nitrogens is 7. The number of Topliss-reactive ketones (excluding diaryl/α,β-unsaturated/α-hetero) is 3. The summed E-state index contributed by atoms with van der Waals surface area (Å²) in [7, 11) is 0. The number of aliphatic hydroxyl groups is 2. The van der Waals surface area contributed by atoms with Crippen molar-refractivity contribution >= 4 is 110 Å². The molecule has 7 aromatic rings. The fraction of sp³-hybridized carbons (Fsp3) is 0.521. The number of nitrogens with two attached hydrogens (primary N) is 1. The second-order valence-corrected chi connectivity index (χ2v) is 38.7. The summed E-state index contributed by atoms with van der Waals surface area (Å²) in [6.45, 7) is 54.1. The number of esters is 1. The standard InChI is InChI=1S/C15H24N2O2.C15H21NO3.C13H18N2.C10H12ClNO2.C9H14O4.C8H7ClN2.C8H8ClNO.C8H8N2O.C5H10O.C2H6O2.CH4.Cl3OP/c1-9(2)13(16)8-14-12(15-18-5-6-19-15)7-10(3)11(4)17-14;1-9(2)14(17)8-13-12(15-18-5-6-19-15)7-10(3)11(4)16-13;1-8(2)12-6-13-11(7-14-12)5-9(3)10(4)15-13;1-6-5-8(9(11)12-7(6)2)10-13-3-4-14-10;1-4-12-6-8(7(3)10)9(11)13-5-2;1-5-3-7(4-10)8(9)11-6(5)2;1-5-3-7(4-11)8(9)10-6(5)2;1-5-3-7(4-9)8(11)10-6(5)2;1-4(2)5(3)6;3-1-2-4;;1-5(2,3)4/h7,9,13,15H,5-6,8,16H2,1-4H3;7,9,15H,5-6,8H2,1-4H3;5,7-8,12H,6H2,1-4H3;5,10H,3-4H2,1-2H3;6H,4-5H2,1-3H3;3H,1-2H3;3-4H,1-2H3;3H,1-2H3,(H,10,11);4H,1-3H3;3-4H,1-2H2;1H4;/b;;;;8-6+;;;;;;;. The maximum absolute atomic E-state index is 12.0. The third kappa shape index (κ3) is 45.2. The summed E-state index contributed by atoms with van der Waals surface area (Å²) < 4.78 is 52.1. The van der Waals surface area contributed by atoms with Crippen molar-refractivity contribution in [3.63, 3.8) is 0 Å². The first-order chi connectivity index (χ1) is 59.9. The molecule has 0 amide bonds. The molecule has 11 heterocycles. The zero-order valence-corrected chi connectivity index (χ0v) is 83.9. The van der Waals surface area contributed by atoms with E-state index < -0.39 is 11.2 Å². The normalized spacial score (nSPS) is 13.9. The molecule has 0 saturated carbocycles. The Balaban J connectivity index is 0.00000143. The third-order valence-electron chi connectivity index (χ3n) is 19.5. The number of carbonyl (C=O) groups is 5. The number of carbonyl (C=O) groups excluding carboxylic acids is 5. The van der Waals surface area contributed by atoms with E-state index in [1.807, 2.05) is 127 Å². The Labute approximate surface area is 791 Å². The second-order valence-electron chi connectivity index (χ2n) is 31.0. The number of aromatic amines is 1. The number of aliphatic hydroxyl groups excluding tert-OH is 2. The first-order valence-electron chi connectivity index (χ1n) is 41.6. The van der Waals surface area contributed by atoms with Crippen LogP contribution in [0.5, 0.6) is 0 Å². The van der Waals surface area contributed by atoms with Gasteiger partial charge in [-0.15, -0.1) is 0 Å². The Morgan fingerprint density at radius 3 is 1.38 bits per heavy atom. The lowest BCUT2D eigenvalue weighted by atomic mass is 9.94. The fourth-order valence-corrected chi connectivity index (χ4v) is 11.2. The van der Waals surface area contributed by atoms with Crippen molar-refractivity contribution in [3.05, 3.63) is 215 Å². The number of aldehydes is 1. The van der Waals surface area contributed by atoms with Gasteiger partial charge in [0.15, 0.2) is 30.9 Å². The number of hydrogen-bond acceptors (Lipinski definition) is 27. The van der Waals surface area contributed by atoms with Gasteiger partial charge in [-0.25, -0.2) is 19.7 Å². The zero-order valence-electron chi connectivity index (χ0n) is 78.5. The quantitative estimate of drug-likeness (QED) is 0.00906. The van der Waals surface area contributed by atoms with E-state index in [1.165, 1.54) is 23.7 Å². The Kier molecular flexibility index (Phi) is 58.3. The van der Waals surface area contributed by atoms with Crippen molar-refractivity contribution in [1.82, 2.24) is 34.9 Å². The summed E-state index contributed by atoms with van der Waals surface area (Å²) in [6, 6.07) is 17.7. The number of aliphatic imine (C=N–C) groups is 1. The lowest BCUT2D eigenvalue weighted by Gasteiger charge is -2.21. The Hall–Kier alpha value is -8.20. The first-order valence-corrected chi connectivity index (χ1v) is 47.1. The van der Waals surface area contributed by atoms with E-state index in [9.17, 15) is 33.3 Å². The lowest BCUT2D eigenvalue weighted by Crippen LogP contribution is -2.30. The number of H-pyrrole nitrogens is 1. The molecule has 2 unspecified atom stereocenters. The van der Waals surface area contributed by atoms with Crippen molar-refractivity contribution in [2.24, 2.45) is 34.4 Å². The molecule has 4 aliphatic heterocycles. The van der Waals surface area contributed by atoms with Crippen molar-refractivity contribution in [1.29, 1.82) is 10.5 Å². The molecule has 11 rings (SSSR count). The molecule has 5 N–H and O–H groups in total. The largest absolute Gasteiger partial charge is 0.500 e. The molecule has 4 aliphatic rings. The minimum atomic E-state index is -3.22. The topological polar surface area (TPSA) is 413 Å². The van der Waals surface area contributed by atoms with E-state index in [4.69, 9.17) is 99.4 Å². The first kappa shape index (κ1) is 121. The summed E-state index contributed by atoms with van der Waals surface area (Å²) in [5, 5.41) is 30.1. The zero-order chi connectivity index (χ0) is 97.7. The SMILES string of the molecule is C.CC(=O)C(C)C.CCO/C=C(\C(C)=O)C(=O)OCC.Cc1cc(C#N)c(=O)[nH]c1C.Cc1cc(C#N)c(Cl)nc1C.Cc1cc(C2OCCO2)c(CC(=O)C(C)C)nc1C.Cc1cc(C2OCCO2)c(CC(N)C(C)C)nc1C.Cc1cc(C2OCCO2)c(Cl)nc1C.Cc1cc(C=O)c(Cl)nc1C.Cc1cc2c(nc1C)CC(C(C)C)N=C2.O=P(Cl)(Cl)Cl.OCCO. The van der Waals surface area contributed by atoms with Crippen LogP contribution in [0.3, 0.4) is 0 Å². The van der Waals surface area contributed by atoms with Crippen LogP contribution < -0.4 is 11.3 Å². The van der Waals surface area contributed by atoms with Gasteiger partial charge in [-0.2, -0.15) is 10.5 Å². The Morgan fingerprint density at radius 1 is 0.574 bits per heavy atom. The smallest absolute Gasteiger partial charge is 0.344 e. The third-order valence-corrected chi connectivity index (χ3v) is 20.4. The molecular formula is C94H132Cl6N11O17P. The molecule has 3 saturated heterocycles. The van der Waals surface area contributed by atoms with Crippen LogP contribution >= 0.6 is 73.7 Å². The predicted octanol–water partition coefficient (Wildman–Crippen LogP) is 19.8. The van der Waals surface area contributed by atoms with Gasteiger partial charge in [0.05, 0.1) is 100 Å². The molecule has 712 valence electrons. The van der Waals surface area contributed by atoms with Gasteiger partial charge in [-0.05, 0) is 252 Å². The van der Waals surface area contributed by atoms with Gasteiger partial charge < -0.3 is 58.8 Å². The highest BCUT2D eigenvalue weighted by atomic mass is 36.0. The number of aryl methyl sites for hydroxylation is 14. The van der Waals surface area contributed by atoms with Gasteiger partial charge in [0.25, 0.3) is 5.56 Å². The summed E-state index contributed by atoms with van der Waals surface area (Å²) in [5.74, 6) is 0.714. The van der Waals surface area contributed by atoms with Crippen molar-refractivity contribution in [3.8, 4) is 12.1 Å². The number of rotatable bonds is 18. The summed E-state index contributed by atoms with van der Waals surface area (Å²) in [6.07, 6.45) is 4.95. The maximum Gasteiger partial charge on any atom is 0.344 e. The number of nitriles is 2. The van der Waals surface area contributed by atoms with E-state index in [1.54, 1.807) is 45.9 Å². The van der Waals surface area contributed by atoms with E-state index in [0.29, 0.717) is 93.1 Å². The average molecular weight is 1930 g/mol. The number of fused-ring (bicyclic) bond motifs is 1. The van der Waals surface area contributed by atoms with E-state index in [2.05, 4.69) is 134 Å². The molecule has 0 aliphatic carbocycles. The van der Waals surface area contributed by atoms with E-state index >= 15 is 0 Å². The highest BCUT2D eigenvalue weighted by Crippen LogP contribution is 2.61. The summed E-state index contributed by atoms with van der Waals surface area (Å²) >= 11 is 31.2. The molecule has 35 heteroatoms. The summed E-state index contributed by atoms with van der Waals surface area (Å²) in [5.41, 5.74) is 28.0. The van der Waals surface area contributed by atoms with Crippen molar-refractivity contribution in [2.75, 3.05) is 66.1 Å². The average Bonchev–Trinajstić information content (AvgIpc) is 1.80. The maximum atomic E-state index is 12.0. The molecule has 0 radical (unpaired) electrons.